The van der Waals surface area contributed by atoms with Crippen LogP contribution in [0.2, 0.25) is 5.15 Å². The number of benzene rings is 1. The van der Waals surface area contributed by atoms with Crippen LogP contribution in [0.3, 0.4) is 0 Å². The van der Waals surface area contributed by atoms with Crippen molar-refractivity contribution >= 4 is 40.0 Å². The van der Waals surface area contributed by atoms with Gasteiger partial charge in [0.05, 0.1) is 26.9 Å². The molecular formula is C17H17ClN2O4S. The van der Waals surface area contributed by atoms with Gasteiger partial charge in [0.2, 0.25) is 0 Å². The molecule has 2 aromatic rings. The minimum atomic E-state index is -1.31. The number of nitrogens with zero attached hydrogens (tertiary/aromatic N) is 1. The zero-order valence-corrected chi connectivity index (χ0v) is 15.3. The third-order valence-electron chi connectivity index (χ3n) is 3.28. The van der Waals surface area contributed by atoms with Gasteiger partial charge in [0.25, 0.3) is 5.91 Å². The SMILES string of the molecule is CC[S@@](=O)c1ccccc1C(=O)O[C@@H](C)C(=O)Nc1cccnc1Cl. The third-order valence-corrected chi connectivity index (χ3v) is 4.96. The Morgan fingerprint density at radius 3 is 2.68 bits per heavy atom. The lowest BCUT2D eigenvalue weighted by Crippen LogP contribution is -2.30. The minimum absolute atomic E-state index is 0.137. The van der Waals surface area contributed by atoms with Crippen LogP contribution in [0.5, 0.6) is 0 Å². The van der Waals surface area contributed by atoms with E-state index >= 15 is 0 Å². The van der Waals surface area contributed by atoms with Gasteiger partial charge in [0, 0.05) is 11.9 Å². The van der Waals surface area contributed by atoms with Gasteiger partial charge in [-0.2, -0.15) is 0 Å². The molecule has 1 amide bonds. The summed E-state index contributed by atoms with van der Waals surface area (Å²) in [5, 5.41) is 2.68. The molecule has 0 aliphatic rings. The van der Waals surface area contributed by atoms with Crippen molar-refractivity contribution in [2.75, 3.05) is 11.1 Å². The Labute approximate surface area is 153 Å². The molecule has 0 saturated carbocycles. The van der Waals surface area contributed by atoms with Crippen LogP contribution in [-0.4, -0.2) is 32.9 Å². The Bertz CT molecular complexity index is 813. The quantitative estimate of drug-likeness (QED) is 0.615. The molecular weight excluding hydrogens is 364 g/mol. The molecule has 6 nitrogen and oxygen atoms in total. The largest absolute Gasteiger partial charge is 0.449 e. The fourth-order valence-corrected chi connectivity index (χ4v) is 3.09. The van der Waals surface area contributed by atoms with E-state index in [1.165, 1.54) is 19.2 Å². The first-order chi connectivity index (χ1) is 11.9. The van der Waals surface area contributed by atoms with Gasteiger partial charge in [0.15, 0.2) is 11.3 Å². The Hall–Kier alpha value is -2.25. The molecule has 132 valence electrons. The standard InChI is InChI=1S/C17H17ClN2O4S/c1-3-25(23)14-9-5-4-7-12(14)17(22)24-11(2)16(21)20-13-8-6-10-19-15(13)18/h4-11H,3H2,1-2H3,(H,20,21)/t11-,25+/m0/s1. The molecule has 0 aliphatic heterocycles. The first-order valence-corrected chi connectivity index (χ1v) is 9.23. The van der Waals surface area contributed by atoms with Crippen molar-refractivity contribution in [3.63, 3.8) is 0 Å². The summed E-state index contributed by atoms with van der Waals surface area (Å²) in [4.78, 5) is 28.8. The third kappa shape index (κ3) is 4.87. The molecule has 0 bridgehead atoms. The van der Waals surface area contributed by atoms with Gasteiger partial charge in [-0.05, 0) is 31.2 Å². The van der Waals surface area contributed by atoms with Crippen molar-refractivity contribution in [2.24, 2.45) is 0 Å². The number of hydrogen-bond donors (Lipinski definition) is 1. The van der Waals surface area contributed by atoms with Gasteiger partial charge in [-0.25, -0.2) is 9.78 Å². The fourth-order valence-electron chi connectivity index (χ4n) is 1.98. The monoisotopic (exact) mass is 380 g/mol. The van der Waals surface area contributed by atoms with Crippen LogP contribution in [0.15, 0.2) is 47.5 Å². The van der Waals surface area contributed by atoms with Gasteiger partial charge in [-0.15, -0.1) is 0 Å². The number of ether oxygens (including phenoxy) is 1. The van der Waals surface area contributed by atoms with E-state index in [0.717, 1.165) is 0 Å². The molecule has 0 spiro atoms. The highest BCUT2D eigenvalue weighted by Gasteiger charge is 2.22. The Morgan fingerprint density at radius 1 is 1.28 bits per heavy atom. The number of nitrogens with one attached hydrogen (secondary N) is 1. The lowest BCUT2D eigenvalue weighted by Gasteiger charge is -2.15. The number of pyridine rings is 1. The highest BCUT2D eigenvalue weighted by Crippen LogP contribution is 2.19. The van der Waals surface area contributed by atoms with E-state index in [4.69, 9.17) is 16.3 Å². The molecule has 0 fully saturated rings. The fraction of sp³-hybridized carbons (Fsp3) is 0.235. The molecule has 1 N–H and O–H groups in total. The van der Waals surface area contributed by atoms with Crippen LogP contribution in [0.4, 0.5) is 5.69 Å². The molecule has 0 unspecified atom stereocenters. The molecule has 2 rings (SSSR count). The van der Waals surface area contributed by atoms with Gasteiger partial charge in [0.1, 0.15) is 0 Å². The number of carbonyl (C=O) groups is 2. The molecule has 1 aromatic carbocycles. The van der Waals surface area contributed by atoms with Crippen LogP contribution in [0.25, 0.3) is 0 Å². The number of esters is 1. The number of carbonyl (C=O) groups excluding carboxylic acids is 2. The highest BCUT2D eigenvalue weighted by atomic mass is 35.5. The second kappa shape index (κ2) is 8.73. The van der Waals surface area contributed by atoms with Gasteiger partial charge in [-0.3, -0.25) is 9.00 Å². The first kappa shape index (κ1) is 19.1. The van der Waals surface area contributed by atoms with E-state index < -0.39 is 28.8 Å². The highest BCUT2D eigenvalue weighted by molar-refractivity contribution is 7.85. The Kier molecular flexibility index (Phi) is 6.66. The molecule has 1 aromatic heterocycles. The van der Waals surface area contributed by atoms with E-state index in [1.54, 1.807) is 37.3 Å². The van der Waals surface area contributed by atoms with E-state index in [0.29, 0.717) is 16.3 Å². The van der Waals surface area contributed by atoms with Crippen molar-refractivity contribution in [2.45, 2.75) is 24.8 Å². The average molecular weight is 381 g/mol. The maximum atomic E-state index is 12.3. The van der Waals surface area contributed by atoms with Crippen molar-refractivity contribution in [1.29, 1.82) is 0 Å². The van der Waals surface area contributed by atoms with Gasteiger partial charge >= 0.3 is 5.97 Å². The lowest BCUT2D eigenvalue weighted by atomic mass is 10.2. The average Bonchev–Trinajstić information content (AvgIpc) is 2.62. The molecule has 0 radical (unpaired) electrons. The summed E-state index contributed by atoms with van der Waals surface area (Å²) < 4.78 is 17.2. The summed E-state index contributed by atoms with van der Waals surface area (Å²) in [5.74, 6) is -0.880. The first-order valence-electron chi connectivity index (χ1n) is 7.53. The van der Waals surface area contributed by atoms with Crippen molar-refractivity contribution < 1.29 is 18.5 Å². The van der Waals surface area contributed by atoms with Crippen LogP contribution in [0.1, 0.15) is 24.2 Å². The van der Waals surface area contributed by atoms with Crippen LogP contribution < -0.4 is 5.32 Å². The van der Waals surface area contributed by atoms with Crippen molar-refractivity contribution in [1.82, 2.24) is 4.98 Å². The van der Waals surface area contributed by atoms with Crippen molar-refractivity contribution in [3.05, 3.63) is 53.3 Å². The van der Waals surface area contributed by atoms with Crippen LogP contribution in [0, 0.1) is 0 Å². The zero-order chi connectivity index (χ0) is 18.4. The smallest absolute Gasteiger partial charge is 0.340 e. The molecule has 0 saturated heterocycles. The normalized spacial score (nSPS) is 12.9. The summed E-state index contributed by atoms with van der Waals surface area (Å²) in [6.07, 6.45) is 0.429. The number of hydrogen-bond acceptors (Lipinski definition) is 5. The maximum absolute atomic E-state index is 12.3. The van der Waals surface area contributed by atoms with Crippen LogP contribution in [-0.2, 0) is 20.3 Å². The molecule has 2 atom stereocenters. The summed E-state index contributed by atoms with van der Waals surface area (Å²) in [7, 11) is -1.31. The summed E-state index contributed by atoms with van der Waals surface area (Å²) in [5.41, 5.74) is 0.506. The van der Waals surface area contributed by atoms with E-state index in [9.17, 15) is 13.8 Å². The van der Waals surface area contributed by atoms with Crippen molar-refractivity contribution in [3.8, 4) is 0 Å². The minimum Gasteiger partial charge on any atom is -0.449 e. The molecule has 0 aliphatic carbocycles. The van der Waals surface area contributed by atoms with E-state index in [2.05, 4.69) is 10.3 Å². The molecule has 1 heterocycles. The Balaban J connectivity index is 2.09. The predicted molar refractivity (Wildman–Crippen MR) is 96.1 cm³/mol. The summed E-state index contributed by atoms with van der Waals surface area (Å²) in [6, 6.07) is 9.67. The number of rotatable bonds is 6. The van der Waals surface area contributed by atoms with E-state index in [-0.39, 0.29) is 10.7 Å². The lowest BCUT2D eigenvalue weighted by molar-refractivity contribution is -0.123. The number of halogens is 1. The van der Waals surface area contributed by atoms with Gasteiger partial charge < -0.3 is 10.1 Å². The summed E-state index contributed by atoms with van der Waals surface area (Å²) in [6.45, 7) is 3.20. The number of anilines is 1. The zero-order valence-electron chi connectivity index (χ0n) is 13.7. The second-order valence-electron chi connectivity index (χ2n) is 5.01. The number of amides is 1. The molecule has 8 heteroatoms. The number of aromatic nitrogens is 1. The van der Waals surface area contributed by atoms with Gasteiger partial charge in [-0.1, -0.05) is 30.7 Å². The Morgan fingerprint density at radius 2 is 2.00 bits per heavy atom. The second-order valence-corrected chi connectivity index (χ2v) is 7.08. The molecule has 25 heavy (non-hydrogen) atoms. The topological polar surface area (TPSA) is 85.4 Å². The van der Waals surface area contributed by atoms with Crippen LogP contribution >= 0.6 is 11.6 Å². The van der Waals surface area contributed by atoms with E-state index in [1.807, 2.05) is 0 Å². The maximum Gasteiger partial charge on any atom is 0.340 e. The predicted octanol–water partition coefficient (Wildman–Crippen LogP) is 3.05. The summed E-state index contributed by atoms with van der Waals surface area (Å²) >= 11 is 5.88.